The minimum absolute atomic E-state index is 0.347. The molecule has 106 valence electrons. The lowest BCUT2D eigenvalue weighted by Crippen LogP contribution is -2.22. The third kappa shape index (κ3) is 3.81. The van der Waals surface area contributed by atoms with E-state index in [4.69, 9.17) is 0 Å². The summed E-state index contributed by atoms with van der Waals surface area (Å²) in [4.78, 5) is 6.67. The van der Waals surface area contributed by atoms with Crippen molar-refractivity contribution in [2.45, 2.75) is 19.4 Å². The van der Waals surface area contributed by atoms with Crippen LogP contribution in [-0.4, -0.2) is 25.6 Å². The number of hydrogen-bond donors (Lipinski definition) is 1. The normalized spacial score (nSPS) is 12.2. The fraction of sp³-hybridized carbons (Fsp3) is 0.353. The standard InChI is InChI=1S/C17H23N3/c1-14(18-2)16-9-11-19-17(13-16)20(3)12-10-15-7-5-4-6-8-15/h4-9,11,13-14,18H,10,12H2,1-3H3. The largest absolute Gasteiger partial charge is 0.359 e. The van der Waals surface area contributed by atoms with Crippen molar-refractivity contribution in [3.05, 3.63) is 59.8 Å². The Morgan fingerprint density at radius 3 is 2.65 bits per heavy atom. The minimum atomic E-state index is 0.347. The maximum atomic E-state index is 4.47. The molecule has 0 amide bonds. The van der Waals surface area contributed by atoms with Crippen LogP contribution in [0.3, 0.4) is 0 Å². The zero-order valence-electron chi connectivity index (χ0n) is 12.5. The number of nitrogens with zero attached hydrogens (tertiary/aromatic N) is 2. The van der Waals surface area contributed by atoms with E-state index in [9.17, 15) is 0 Å². The average molecular weight is 269 g/mol. The van der Waals surface area contributed by atoms with Crippen LogP contribution in [0.15, 0.2) is 48.7 Å². The van der Waals surface area contributed by atoms with Crippen LogP contribution in [0.5, 0.6) is 0 Å². The molecule has 0 bridgehead atoms. The topological polar surface area (TPSA) is 28.2 Å². The molecule has 1 aromatic carbocycles. The predicted molar refractivity (Wildman–Crippen MR) is 85.1 cm³/mol. The zero-order valence-corrected chi connectivity index (χ0v) is 12.5. The van der Waals surface area contributed by atoms with Crippen molar-refractivity contribution >= 4 is 5.82 Å². The highest BCUT2D eigenvalue weighted by molar-refractivity contribution is 5.41. The molecule has 0 saturated carbocycles. The summed E-state index contributed by atoms with van der Waals surface area (Å²) in [6.45, 7) is 3.12. The van der Waals surface area contributed by atoms with Gasteiger partial charge in [0.2, 0.25) is 0 Å². The fourth-order valence-corrected chi connectivity index (χ4v) is 2.13. The number of anilines is 1. The first-order chi connectivity index (χ1) is 9.70. The number of aromatic nitrogens is 1. The van der Waals surface area contributed by atoms with Gasteiger partial charge in [-0.25, -0.2) is 4.98 Å². The quantitative estimate of drug-likeness (QED) is 0.873. The van der Waals surface area contributed by atoms with E-state index in [1.807, 2.05) is 13.2 Å². The Morgan fingerprint density at radius 2 is 1.95 bits per heavy atom. The van der Waals surface area contributed by atoms with Gasteiger partial charge in [-0.3, -0.25) is 0 Å². The molecule has 20 heavy (non-hydrogen) atoms. The van der Waals surface area contributed by atoms with Crippen molar-refractivity contribution in [1.82, 2.24) is 10.3 Å². The summed E-state index contributed by atoms with van der Waals surface area (Å²) in [5.41, 5.74) is 2.63. The monoisotopic (exact) mass is 269 g/mol. The minimum Gasteiger partial charge on any atom is -0.359 e. The second kappa shape index (κ2) is 7.06. The molecule has 1 aromatic heterocycles. The first-order valence-electron chi connectivity index (χ1n) is 7.09. The summed E-state index contributed by atoms with van der Waals surface area (Å²) in [5.74, 6) is 1.03. The molecule has 1 unspecified atom stereocenters. The molecule has 0 fully saturated rings. The smallest absolute Gasteiger partial charge is 0.128 e. The molecule has 1 N–H and O–H groups in total. The van der Waals surface area contributed by atoms with E-state index in [1.54, 1.807) is 0 Å². The van der Waals surface area contributed by atoms with E-state index in [0.29, 0.717) is 6.04 Å². The van der Waals surface area contributed by atoms with Gasteiger partial charge in [-0.1, -0.05) is 30.3 Å². The molecule has 0 aliphatic carbocycles. The third-order valence-corrected chi connectivity index (χ3v) is 3.67. The van der Waals surface area contributed by atoms with E-state index in [1.165, 1.54) is 11.1 Å². The van der Waals surface area contributed by atoms with Gasteiger partial charge < -0.3 is 10.2 Å². The summed E-state index contributed by atoms with van der Waals surface area (Å²) in [6, 6.07) is 15.1. The number of hydrogen-bond acceptors (Lipinski definition) is 3. The van der Waals surface area contributed by atoms with Crippen molar-refractivity contribution < 1.29 is 0 Å². The van der Waals surface area contributed by atoms with Crippen molar-refractivity contribution in [2.24, 2.45) is 0 Å². The van der Waals surface area contributed by atoms with Crippen molar-refractivity contribution in [2.75, 3.05) is 25.5 Å². The van der Waals surface area contributed by atoms with Crippen LogP contribution in [0.2, 0.25) is 0 Å². The third-order valence-electron chi connectivity index (χ3n) is 3.67. The Bertz CT molecular complexity index is 525. The zero-order chi connectivity index (χ0) is 14.4. The summed E-state index contributed by atoms with van der Waals surface area (Å²) < 4.78 is 0. The Labute approximate surface area is 121 Å². The van der Waals surface area contributed by atoms with Gasteiger partial charge in [-0.15, -0.1) is 0 Å². The van der Waals surface area contributed by atoms with Crippen molar-refractivity contribution in [3.8, 4) is 0 Å². The molecular weight excluding hydrogens is 246 g/mol. The summed E-state index contributed by atoms with van der Waals surface area (Å²) in [5, 5.41) is 3.26. The van der Waals surface area contributed by atoms with Crippen LogP contribution in [0.1, 0.15) is 24.1 Å². The molecule has 1 heterocycles. The van der Waals surface area contributed by atoms with E-state index >= 15 is 0 Å². The van der Waals surface area contributed by atoms with E-state index in [-0.39, 0.29) is 0 Å². The number of benzene rings is 1. The molecule has 0 saturated heterocycles. The van der Waals surface area contributed by atoms with Crippen LogP contribution in [0.25, 0.3) is 0 Å². The Morgan fingerprint density at radius 1 is 1.20 bits per heavy atom. The highest BCUT2D eigenvalue weighted by Crippen LogP contribution is 2.17. The second-order valence-electron chi connectivity index (χ2n) is 5.11. The molecule has 1 atom stereocenters. The molecular formula is C17H23N3. The van der Waals surface area contributed by atoms with Crippen molar-refractivity contribution in [3.63, 3.8) is 0 Å². The highest BCUT2D eigenvalue weighted by Gasteiger charge is 2.07. The maximum Gasteiger partial charge on any atom is 0.128 e. The lowest BCUT2D eigenvalue weighted by molar-refractivity contribution is 0.651. The van der Waals surface area contributed by atoms with Gasteiger partial charge in [0.1, 0.15) is 5.82 Å². The molecule has 0 aliphatic heterocycles. The van der Waals surface area contributed by atoms with Crippen LogP contribution >= 0.6 is 0 Å². The van der Waals surface area contributed by atoms with Gasteiger partial charge in [0, 0.05) is 25.8 Å². The SMILES string of the molecule is CNC(C)c1ccnc(N(C)CCc2ccccc2)c1. The van der Waals surface area contributed by atoms with Gasteiger partial charge in [0.05, 0.1) is 0 Å². The summed E-state index contributed by atoms with van der Waals surface area (Å²) >= 11 is 0. The van der Waals surface area contributed by atoms with Gasteiger partial charge in [0.15, 0.2) is 0 Å². The van der Waals surface area contributed by atoms with Crippen molar-refractivity contribution in [1.29, 1.82) is 0 Å². The first kappa shape index (κ1) is 14.5. The average Bonchev–Trinajstić information content (AvgIpc) is 2.53. The van der Waals surface area contributed by atoms with Gasteiger partial charge >= 0.3 is 0 Å². The lowest BCUT2D eigenvalue weighted by atomic mass is 10.1. The van der Waals surface area contributed by atoms with E-state index < -0.39 is 0 Å². The summed E-state index contributed by atoms with van der Waals surface area (Å²) in [7, 11) is 4.07. The molecule has 3 heteroatoms. The molecule has 3 nitrogen and oxygen atoms in total. The second-order valence-corrected chi connectivity index (χ2v) is 5.11. The van der Waals surface area contributed by atoms with Gasteiger partial charge in [-0.05, 0) is 43.7 Å². The van der Waals surface area contributed by atoms with E-state index in [2.05, 4.69) is 71.6 Å². The molecule has 2 rings (SSSR count). The van der Waals surface area contributed by atoms with Crippen LogP contribution in [0, 0.1) is 0 Å². The predicted octanol–water partition coefficient (Wildman–Crippen LogP) is 3.04. The Balaban J connectivity index is 2.00. The number of nitrogens with one attached hydrogen (secondary N) is 1. The first-order valence-corrected chi connectivity index (χ1v) is 7.09. The van der Waals surface area contributed by atoms with Crippen LogP contribution in [-0.2, 0) is 6.42 Å². The highest BCUT2D eigenvalue weighted by atomic mass is 15.2. The van der Waals surface area contributed by atoms with Crippen LogP contribution < -0.4 is 10.2 Å². The molecule has 0 spiro atoms. The Hall–Kier alpha value is -1.87. The molecule has 0 aliphatic rings. The van der Waals surface area contributed by atoms with Gasteiger partial charge in [0.25, 0.3) is 0 Å². The number of rotatable bonds is 6. The molecule has 2 aromatic rings. The lowest BCUT2D eigenvalue weighted by Gasteiger charge is -2.20. The maximum absolute atomic E-state index is 4.47. The number of pyridine rings is 1. The molecule has 0 radical (unpaired) electrons. The van der Waals surface area contributed by atoms with Crippen LogP contribution in [0.4, 0.5) is 5.82 Å². The van der Waals surface area contributed by atoms with E-state index in [0.717, 1.165) is 18.8 Å². The summed E-state index contributed by atoms with van der Waals surface area (Å²) in [6.07, 6.45) is 2.92. The number of likely N-dealkylation sites (N-methyl/N-ethyl adjacent to an activating group) is 1. The Kier molecular flexibility index (Phi) is 5.13. The fourth-order valence-electron chi connectivity index (χ4n) is 2.13. The van der Waals surface area contributed by atoms with Gasteiger partial charge in [-0.2, -0.15) is 0 Å².